The summed E-state index contributed by atoms with van der Waals surface area (Å²) in [6.07, 6.45) is -4.83. The molecule has 2 nitrogen and oxygen atoms in total. The molecule has 0 bridgehead atoms. The first-order valence-electron chi connectivity index (χ1n) is 3.62. The molecule has 13 heavy (non-hydrogen) atoms. The molecular weight excluding hydrogens is 192 g/mol. The maximum atomic E-state index is 12.9. The molecule has 78 valence electrons. The molecule has 0 fully saturated rings. The highest BCUT2D eigenvalue weighted by Gasteiger charge is 2.36. The summed E-state index contributed by atoms with van der Waals surface area (Å²) in [6, 6.07) is 0. The van der Waals surface area contributed by atoms with Crippen molar-refractivity contribution in [2.24, 2.45) is 0 Å². The largest absolute Gasteiger partial charge is 0.454 e. The summed E-state index contributed by atoms with van der Waals surface area (Å²) in [5.74, 6) is -1.48. The van der Waals surface area contributed by atoms with E-state index >= 15 is 0 Å². The Bertz CT molecular complexity index is 185. The molecule has 0 aromatic rings. The summed E-state index contributed by atoms with van der Waals surface area (Å²) in [4.78, 5) is 10.6. The lowest BCUT2D eigenvalue weighted by atomic mass is 10.1. The number of halogens is 4. The van der Waals surface area contributed by atoms with Gasteiger partial charge in [0.15, 0.2) is 6.61 Å². The topological polar surface area (TPSA) is 26.3 Å². The summed E-state index contributed by atoms with van der Waals surface area (Å²) in [5.41, 5.74) is -2.34. The zero-order valence-corrected chi connectivity index (χ0v) is 7.24. The molecule has 0 N–H and O–H groups in total. The summed E-state index contributed by atoms with van der Waals surface area (Å²) in [5, 5.41) is 0. The van der Waals surface area contributed by atoms with E-state index in [-0.39, 0.29) is 6.42 Å². The minimum absolute atomic E-state index is 0.219. The van der Waals surface area contributed by atoms with E-state index in [0.29, 0.717) is 0 Å². The maximum Gasteiger partial charge on any atom is 0.422 e. The maximum absolute atomic E-state index is 12.9. The summed E-state index contributed by atoms with van der Waals surface area (Å²) in [7, 11) is 0. The number of carbonyl (C=O) groups is 1. The SMILES string of the molecule is CCC(C)(F)C(=O)OCC(F)(F)F. The lowest BCUT2D eigenvalue weighted by molar-refractivity contribution is -0.194. The van der Waals surface area contributed by atoms with Gasteiger partial charge in [0.25, 0.3) is 0 Å². The van der Waals surface area contributed by atoms with Crippen molar-refractivity contribution in [3.63, 3.8) is 0 Å². The van der Waals surface area contributed by atoms with Crippen LogP contribution in [0.3, 0.4) is 0 Å². The fourth-order valence-electron chi connectivity index (χ4n) is 0.442. The molecular formula is C7H10F4O2. The Hall–Kier alpha value is -0.810. The summed E-state index contributed by atoms with van der Waals surface area (Å²) < 4.78 is 51.2. The second-order valence-electron chi connectivity index (χ2n) is 2.74. The first-order chi connectivity index (χ1) is 5.69. The minimum atomic E-state index is -4.61. The molecule has 1 atom stereocenters. The Labute approximate surface area is 72.9 Å². The molecule has 0 spiro atoms. The number of esters is 1. The smallest absolute Gasteiger partial charge is 0.422 e. The van der Waals surface area contributed by atoms with Gasteiger partial charge in [0.05, 0.1) is 0 Å². The van der Waals surface area contributed by atoms with Crippen LogP contribution >= 0.6 is 0 Å². The highest BCUT2D eigenvalue weighted by Crippen LogP contribution is 2.20. The van der Waals surface area contributed by atoms with Crippen LogP contribution in [0.4, 0.5) is 17.6 Å². The monoisotopic (exact) mass is 202 g/mol. The van der Waals surface area contributed by atoms with E-state index < -0.39 is 24.4 Å². The number of rotatable bonds is 3. The molecule has 0 aliphatic carbocycles. The normalized spacial score (nSPS) is 16.5. The van der Waals surface area contributed by atoms with Gasteiger partial charge < -0.3 is 4.74 Å². The third-order valence-electron chi connectivity index (χ3n) is 1.46. The Morgan fingerprint density at radius 3 is 2.08 bits per heavy atom. The summed E-state index contributed by atoms with van der Waals surface area (Å²) >= 11 is 0. The highest BCUT2D eigenvalue weighted by molar-refractivity contribution is 5.78. The van der Waals surface area contributed by atoms with Gasteiger partial charge in [0, 0.05) is 0 Å². The molecule has 0 saturated heterocycles. The van der Waals surface area contributed by atoms with Gasteiger partial charge in [-0.1, -0.05) is 6.92 Å². The lowest BCUT2D eigenvalue weighted by Gasteiger charge is -2.16. The zero-order valence-electron chi connectivity index (χ0n) is 7.24. The Morgan fingerprint density at radius 1 is 1.31 bits per heavy atom. The molecule has 0 heterocycles. The molecule has 0 amide bonds. The van der Waals surface area contributed by atoms with Crippen molar-refractivity contribution < 1.29 is 27.1 Å². The molecule has 0 radical (unpaired) electrons. The van der Waals surface area contributed by atoms with E-state index in [0.717, 1.165) is 6.92 Å². The van der Waals surface area contributed by atoms with Crippen molar-refractivity contribution in [1.82, 2.24) is 0 Å². The van der Waals surface area contributed by atoms with Crippen molar-refractivity contribution in [2.75, 3.05) is 6.61 Å². The minimum Gasteiger partial charge on any atom is -0.454 e. The van der Waals surface area contributed by atoms with Crippen molar-refractivity contribution >= 4 is 5.97 Å². The number of ether oxygens (including phenoxy) is 1. The molecule has 6 heteroatoms. The first kappa shape index (κ1) is 12.2. The predicted molar refractivity (Wildman–Crippen MR) is 36.8 cm³/mol. The molecule has 1 unspecified atom stereocenters. The number of carbonyl (C=O) groups excluding carboxylic acids is 1. The van der Waals surface area contributed by atoms with E-state index in [2.05, 4.69) is 4.74 Å². The van der Waals surface area contributed by atoms with Crippen molar-refractivity contribution in [2.45, 2.75) is 32.1 Å². The summed E-state index contributed by atoms with van der Waals surface area (Å²) in [6.45, 7) is 0.478. The molecule has 0 aromatic heterocycles. The van der Waals surface area contributed by atoms with Gasteiger partial charge in [0.2, 0.25) is 5.67 Å². The van der Waals surface area contributed by atoms with Crippen molar-refractivity contribution in [1.29, 1.82) is 0 Å². The first-order valence-corrected chi connectivity index (χ1v) is 3.62. The van der Waals surface area contributed by atoms with Crippen LogP contribution in [0.15, 0.2) is 0 Å². The van der Waals surface area contributed by atoms with Crippen LogP contribution in [0.5, 0.6) is 0 Å². The van der Waals surface area contributed by atoms with E-state index in [1.54, 1.807) is 0 Å². The average molecular weight is 202 g/mol. The molecule has 0 aromatic carbocycles. The average Bonchev–Trinajstić information content (AvgIpc) is 1.98. The van der Waals surface area contributed by atoms with Crippen LogP contribution < -0.4 is 0 Å². The van der Waals surface area contributed by atoms with Gasteiger partial charge in [0.1, 0.15) is 0 Å². The van der Waals surface area contributed by atoms with Crippen LogP contribution in [0.2, 0.25) is 0 Å². The van der Waals surface area contributed by atoms with Crippen LogP contribution in [-0.4, -0.2) is 24.4 Å². The van der Waals surface area contributed by atoms with Gasteiger partial charge in [-0.05, 0) is 13.3 Å². The number of hydrogen-bond donors (Lipinski definition) is 0. The number of hydrogen-bond acceptors (Lipinski definition) is 2. The highest BCUT2D eigenvalue weighted by atomic mass is 19.4. The molecule has 0 aliphatic rings. The third kappa shape index (κ3) is 4.69. The fraction of sp³-hybridized carbons (Fsp3) is 0.857. The van der Waals surface area contributed by atoms with Gasteiger partial charge in [-0.25, -0.2) is 9.18 Å². The van der Waals surface area contributed by atoms with Crippen molar-refractivity contribution in [3.05, 3.63) is 0 Å². The Balaban J connectivity index is 4.03. The molecule has 0 aliphatic heterocycles. The van der Waals surface area contributed by atoms with Crippen LogP contribution in [-0.2, 0) is 9.53 Å². The van der Waals surface area contributed by atoms with Crippen LogP contribution in [0.25, 0.3) is 0 Å². The number of alkyl halides is 4. The van der Waals surface area contributed by atoms with Gasteiger partial charge >= 0.3 is 12.1 Å². The molecule has 0 rings (SSSR count). The Morgan fingerprint density at radius 2 is 1.77 bits per heavy atom. The second kappa shape index (κ2) is 3.93. The van der Waals surface area contributed by atoms with E-state index in [4.69, 9.17) is 0 Å². The van der Waals surface area contributed by atoms with Crippen LogP contribution in [0, 0.1) is 0 Å². The quantitative estimate of drug-likeness (QED) is 0.518. The second-order valence-corrected chi connectivity index (χ2v) is 2.74. The van der Waals surface area contributed by atoms with E-state index in [1.165, 1.54) is 6.92 Å². The molecule has 0 saturated carbocycles. The van der Waals surface area contributed by atoms with E-state index in [1.807, 2.05) is 0 Å². The van der Waals surface area contributed by atoms with Gasteiger partial charge in [-0.2, -0.15) is 13.2 Å². The lowest BCUT2D eigenvalue weighted by Crippen LogP contribution is -2.34. The standard InChI is InChI=1S/C7H10F4O2/c1-3-6(2,8)5(12)13-4-7(9,10)11/h3-4H2,1-2H3. The van der Waals surface area contributed by atoms with Gasteiger partial charge in [-0.3, -0.25) is 0 Å². The van der Waals surface area contributed by atoms with E-state index in [9.17, 15) is 22.4 Å². The fourth-order valence-corrected chi connectivity index (χ4v) is 0.442. The predicted octanol–water partition coefficient (Wildman–Crippen LogP) is 2.23. The Kier molecular flexibility index (Phi) is 3.69. The zero-order chi connectivity index (χ0) is 10.7. The van der Waals surface area contributed by atoms with Crippen molar-refractivity contribution in [3.8, 4) is 0 Å². The van der Waals surface area contributed by atoms with Crippen LogP contribution in [0.1, 0.15) is 20.3 Å². The third-order valence-corrected chi connectivity index (χ3v) is 1.46. The van der Waals surface area contributed by atoms with Gasteiger partial charge in [-0.15, -0.1) is 0 Å².